The molecule has 1 amide bonds. The summed E-state index contributed by atoms with van der Waals surface area (Å²) in [5, 5.41) is 22.2. The zero-order chi connectivity index (χ0) is 26.1. The zero-order valence-corrected chi connectivity index (χ0v) is 19.8. The molecule has 0 radical (unpaired) electrons. The molecule has 0 spiro atoms. The first-order valence-electron chi connectivity index (χ1n) is 11.1. The lowest BCUT2D eigenvalue weighted by Gasteiger charge is -2.52. The van der Waals surface area contributed by atoms with Gasteiger partial charge in [0.15, 0.2) is 40.9 Å². The number of amides is 1. The first-order chi connectivity index (χ1) is 16.3. The lowest BCUT2D eigenvalue weighted by atomic mass is 9.52. The van der Waals surface area contributed by atoms with Gasteiger partial charge < -0.3 is 20.8 Å². The Kier molecular flexibility index (Phi) is 5.68. The molecule has 4 N–H and O–H groups in total. The number of aromatic hydroxyl groups is 1. The van der Waals surface area contributed by atoms with Gasteiger partial charge in [0.05, 0.1) is 23.1 Å². The number of phenolic OH excluding ortho intramolecular Hbond substituents is 1. The Bertz CT molecular complexity index is 1210. The smallest absolute Gasteiger partial charge is 0.235 e. The maximum Gasteiger partial charge on any atom is 0.235 e. The van der Waals surface area contributed by atoms with E-state index in [4.69, 9.17) is 5.73 Å². The Morgan fingerprint density at radius 2 is 1.77 bits per heavy atom. The number of fused-ring (bicyclic) bond motifs is 3. The van der Waals surface area contributed by atoms with Crippen LogP contribution in [0.2, 0.25) is 0 Å². The van der Waals surface area contributed by atoms with Crippen LogP contribution in [0.5, 0.6) is 5.75 Å². The molecule has 0 bridgehead atoms. The summed E-state index contributed by atoms with van der Waals surface area (Å²) < 4.78 is 0. The third-order valence-corrected chi connectivity index (χ3v) is 7.68. The maximum absolute atomic E-state index is 13.7. The number of nitrogens with two attached hydrogens (primary N) is 1. The van der Waals surface area contributed by atoms with Gasteiger partial charge in [0.1, 0.15) is 5.75 Å². The van der Waals surface area contributed by atoms with E-state index >= 15 is 0 Å². The summed E-state index contributed by atoms with van der Waals surface area (Å²) in [6, 6.07) is 0.291. The highest BCUT2D eigenvalue weighted by Crippen LogP contribution is 2.52. The van der Waals surface area contributed by atoms with Gasteiger partial charge in [-0.2, -0.15) is 0 Å². The minimum absolute atomic E-state index is 0.0348. The number of nitrogens with zero attached hydrogens (tertiary/aromatic N) is 2. The molecule has 1 aromatic rings. The predicted molar refractivity (Wildman–Crippen MR) is 121 cm³/mol. The number of hydrogen-bond donors (Lipinski definition) is 3. The van der Waals surface area contributed by atoms with Crippen LogP contribution in [0.15, 0.2) is 6.07 Å². The van der Waals surface area contributed by atoms with Crippen LogP contribution in [-0.4, -0.2) is 90.3 Å². The molecule has 0 heterocycles. The fourth-order valence-corrected chi connectivity index (χ4v) is 6.16. The van der Waals surface area contributed by atoms with E-state index in [0.717, 1.165) is 0 Å². The summed E-state index contributed by atoms with van der Waals surface area (Å²) in [7, 11) is 6.45. The number of primary amides is 1. The van der Waals surface area contributed by atoms with Gasteiger partial charge in [-0.15, -0.1) is 0 Å². The van der Waals surface area contributed by atoms with E-state index in [-0.39, 0.29) is 24.0 Å². The molecular weight excluding hydrogens is 458 g/mol. The lowest BCUT2D eigenvalue weighted by Crippen LogP contribution is -2.74. The average molecular weight is 485 g/mol. The van der Waals surface area contributed by atoms with Crippen molar-refractivity contribution in [3.63, 3.8) is 0 Å². The highest BCUT2D eigenvalue weighted by Gasteiger charge is 2.69. The quantitative estimate of drug-likeness (QED) is 0.345. The van der Waals surface area contributed by atoms with Crippen molar-refractivity contribution in [2.45, 2.75) is 24.5 Å². The van der Waals surface area contributed by atoms with E-state index in [0.29, 0.717) is 17.5 Å². The number of anilines is 1. The van der Waals surface area contributed by atoms with Crippen LogP contribution < -0.4 is 10.6 Å². The average Bonchev–Trinajstić information content (AvgIpc) is 2.75. The SMILES string of the molecule is CN(C)c1cc(C=O)c(O)c2c1CC1CC3[C@H](N(C)C)C(=O)C(C(N)=O)C(=O)[C@@]3(O)C(=O)C1C2=O. The molecular formula is C24H27N3O8. The van der Waals surface area contributed by atoms with Crippen molar-refractivity contribution in [1.82, 2.24) is 4.90 Å². The second kappa shape index (κ2) is 8.06. The van der Waals surface area contributed by atoms with Gasteiger partial charge >= 0.3 is 0 Å². The molecule has 4 rings (SSSR count). The van der Waals surface area contributed by atoms with Crippen molar-refractivity contribution in [3.05, 3.63) is 22.8 Å². The Balaban J connectivity index is 1.92. The van der Waals surface area contributed by atoms with Crippen LogP contribution in [0.3, 0.4) is 0 Å². The molecule has 11 heteroatoms. The fourth-order valence-electron chi connectivity index (χ4n) is 6.16. The van der Waals surface area contributed by atoms with E-state index < -0.39 is 70.1 Å². The number of benzene rings is 1. The predicted octanol–water partition coefficient (Wildman–Crippen LogP) is -1.25. The number of Topliss-reactive ketones (excluding diaryl/α,β-unsaturated/α-hetero) is 4. The summed E-state index contributed by atoms with van der Waals surface area (Å²) >= 11 is 0. The molecule has 3 aliphatic rings. The Morgan fingerprint density at radius 1 is 1.14 bits per heavy atom. The molecule has 0 aromatic heterocycles. The van der Waals surface area contributed by atoms with Crippen molar-refractivity contribution >= 4 is 41.0 Å². The first kappa shape index (κ1) is 24.7. The van der Waals surface area contributed by atoms with Crippen LogP contribution in [0.25, 0.3) is 0 Å². The summed E-state index contributed by atoms with van der Waals surface area (Å²) in [4.78, 5) is 80.3. The molecule has 0 aliphatic heterocycles. The Labute approximate surface area is 200 Å². The molecule has 11 nitrogen and oxygen atoms in total. The molecule has 2 saturated carbocycles. The van der Waals surface area contributed by atoms with E-state index in [2.05, 4.69) is 0 Å². The number of likely N-dealkylation sites (N-methyl/N-ethyl adjacent to an activating group) is 1. The summed E-state index contributed by atoms with van der Waals surface area (Å²) in [5.74, 6) is -11.3. The number of hydrogen-bond acceptors (Lipinski definition) is 10. The van der Waals surface area contributed by atoms with E-state index in [9.17, 15) is 39.0 Å². The van der Waals surface area contributed by atoms with E-state index in [1.165, 1.54) is 25.1 Å². The van der Waals surface area contributed by atoms with Crippen molar-refractivity contribution in [1.29, 1.82) is 0 Å². The Morgan fingerprint density at radius 3 is 2.29 bits per heavy atom. The van der Waals surface area contributed by atoms with Crippen molar-refractivity contribution < 1.29 is 39.0 Å². The molecule has 3 aliphatic carbocycles. The zero-order valence-electron chi connectivity index (χ0n) is 19.8. The first-order valence-corrected chi connectivity index (χ1v) is 11.1. The van der Waals surface area contributed by atoms with Crippen LogP contribution in [0.1, 0.15) is 32.7 Å². The number of rotatable bonds is 4. The van der Waals surface area contributed by atoms with Crippen LogP contribution >= 0.6 is 0 Å². The largest absolute Gasteiger partial charge is 0.506 e. The summed E-state index contributed by atoms with van der Waals surface area (Å²) in [6.45, 7) is 0. The minimum atomic E-state index is -2.78. The van der Waals surface area contributed by atoms with Crippen LogP contribution in [-0.2, 0) is 25.6 Å². The number of carbonyl (C=O) groups is 6. The van der Waals surface area contributed by atoms with Gasteiger partial charge in [-0.25, -0.2) is 0 Å². The number of aldehydes is 1. The van der Waals surface area contributed by atoms with Gasteiger partial charge in [-0.1, -0.05) is 0 Å². The number of phenols is 1. The van der Waals surface area contributed by atoms with E-state index in [1.807, 2.05) is 0 Å². The molecule has 2 fully saturated rings. The molecule has 1 aromatic carbocycles. The Hall–Kier alpha value is -3.44. The van der Waals surface area contributed by atoms with Crippen LogP contribution in [0.4, 0.5) is 5.69 Å². The monoisotopic (exact) mass is 485 g/mol. The van der Waals surface area contributed by atoms with Gasteiger partial charge in [0.2, 0.25) is 5.91 Å². The molecule has 4 unspecified atom stereocenters. The topological polar surface area (TPSA) is 175 Å². The normalized spacial score (nSPS) is 32.1. The fraction of sp³-hybridized carbons (Fsp3) is 0.500. The van der Waals surface area contributed by atoms with Crippen LogP contribution in [0, 0.1) is 23.7 Å². The third kappa shape index (κ3) is 3.18. The summed E-state index contributed by atoms with van der Waals surface area (Å²) in [5.41, 5.74) is 3.12. The molecule has 35 heavy (non-hydrogen) atoms. The standard InChI is InChI=1S/C24H27N3O8/c1-26(2)13-7-10(8-28)18(29)15-11(13)5-9-6-12-17(27(3)4)20(31)16(23(25)34)22(33)24(12,35)21(32)14(9)19(15)30/h7-9,12,14,16-17,29,35H,5-6H2,1-4H3,(H2,25,34)/t9?,12?,14?,16?,17-,24-/m0/s1. The van der Waals surface area contributed by atoms with Gasteiger partial charge in [-0.3, -0.25) is 33.7 Å². The molecule has 6 atom stereocenters. The number of ketones is 4. The second-order valence-corrected chi connectivity index (χ2v) is 9.99. The van der Waals surface area contributed by atoms with Gasteiger partial charge in [-0.05, 0) is 44.5 Å². The maximum atomic E-state index is 13.7. The highest BCUT2D eigenvalue weighted by molar-refractivity contribution is 6.32. The minimum Gasteiger partial charge on any atom is -0.506 e. The third-order valence-electron chi connectivity index (χ3n) is 7.68. The second-order valence-electron chi connectivity index (χ2n) is 9.99. The van der Waals surface area contributed by atoms with Crippen molar-refractivity contribution in [3.8, 4) is 5.75 Å². The number of aliphatic hydroxyl groups is 1. The molecule has 0 saturated heterocycles. The van der Waals surface area contributed by atoms with Crippen molar-refractivity contribution in [2.24, 2.45) is 29.4 Å². The van der Waals surface area contributed by atoms with Gasteiger partial charge in [0, 0.05) is 25.7 Å². The highest BCUT2D eigenvalue weighted by atomic mass is 16.3. The summed E-state index contributed by atoms with van der Waals surface area (Å²) in [6.07, 6.45) is 0.489. The molecule has 186 valence electrons. The van der Waals surface area contributed by atoms with E-state index in [1.54, 1.807) is 19.0 Å². The number of carbonyl (C=O) groups excluding carboxylic acids is 6. The van der Waals surface area contributed by atoms with Crippen molar-refractivity contribution in [2.75, 3.05) is 33.1 Å². The van der Waals surface area contributed by atoms with Gasteiger partial charge in [0.25, 0.3) is 0 Å². The lowest BCUT2D eigenvalue weighted by molar-refractivity contribution is -0.181.